The minimum absolute atomic E-state index is 0.0533. The zero-order valence-electron chi connectivity index (χ0n) is 18.3. The number of nitrogens with zero attached hydrogens (tertiary/aromatic N) is 2. The number of halogens is 1. The molecule has 33 heavy (non-hydrogen) atoms. The van der Waals surface area contributed by atoms with Gasteiger partial charge in [0.05, 0.1) is 41.8 Å². The topological polar surface area (TPSA) is 86.4 Å². The van der Waals surface area contributed by atoms with Crippen molar-refractivity contribution in [3.8, 4) is 11.4 Å². The van der Waals surface area contributed by atoms with E-state index in [0.29, 0.717) is 38.3 Å². The lowest BCUT2D eigenvalue weighted by atomic mass is 10.2. The van der Waals surface area contributed by atoms with Crippen molar-refractivity contribution in [2.45, 2.75) is 25.0 Å². The fourth-order valence-corrected chi connectivity index (χ4v) is 4.43. The number of hydrogen-bond donors (Lipinski definition) is 1. The van der Waals surface area contributed by atoms with Crippen LogP contribution in [0.3, 0.4) is 0 Å². The standard InChI is InChI=1S/C24H22ClN3O4S/c1-14-6-9-21(31-3)19(11-14)28-23(30)17-8-7-16(25)12-18(17)27-24(28)33-13-22(29)26-15(2)20-5-4-10-32-20/h4-12,15H,13H2,1-3H3,(H,26,29). The second-order valence-electron chi connectivity index (χ2n) is 7.47. The van der Waals surface area contributed by atoms with Crippen molar-refractivity contribution in [1.29, 1.82) is 0 Å². The van der Waals surface area contributed by atoms with E-state index in [9.17, 15) is 9.59 Å². The molecule has 0 saturated heterocycles. The average molecular weight is 484 g/mol. The first-order valence-corrected chi connectivity index (χ1v) is 11.6. The fourth-order valence-electron chi connectivity index (χ4n) is 3.44. The van der Waals surface area contributed by atoms with Crippen LogP contribution in [0.1, 0.15) is 24.3 Å². The normalized spacial score (nSPS) is 12.0. The Hall–Kier alpha value is -3.23. The number of aryl methyl sites for hydroxylation is 1. The van der Waals surface area contributed by atoms with E-state index in [0.717, 1.165) is 17.3 Å². The number of hydrogen-bond acceptors (Lipinski definition) is 6. The number of amides is 1. The van der Waals surface area contributed by atoms with Crippen LogP contribution in [0.2, 0.25) is 5.02 Å². The Labute approximate surface area is 199 Å². The SMILES string of the molecule is COc1ccc(C)cc1-n1c(SCC(=O)NC(C)c2ccco2)nc2cc(Cl)ccc2c1=O. The maximum atomic E-state index is 13.5. The summed E-state index contributed by atoms with van der Waals surface area (Å²) in [5.74, 6) is 1.02. The quantitative estimate of drug-likeness (QED) is 0.296. The third-order valence-electron chi connectivity index (χ3n) is 5.06. The fraction of sp³-hybridized carbons (Fsp3) is 0.208. The summed E-state index contributed by atoms with van der Waals surface area (Å²) < 4.78 is 12.3. The molecule has 2 heterocycles. The monoisotopic (exact) mass is 483 g/mol. The zero-order chi connectivity index (χ0) is 23.5. The number of carbonyl (C=O) groups is 1. The number of nitrogens with one attached hydrogen (secondary N) is 1. The molecule has 170 valence electrons. The number of rotatable bonds is 7. The molecule has 2 aromatic heterocycles. The van der Waals surface area contributed by atoms with Gasteiger partial charge in [-0.1, -0.05) is 29.4 Å². The number of fused-ring (bicyclic) bond motifs is 1. The van der Waals surface area contributed by atoms with E-state index >= 15 is 0 Å². The number of thioether (sulfide) groups is 1. The molecular weight excluding hydrogens is 462 g/mol. The van der Waals surface area contributed by atoms with Crippen LogP contribution in [-0.4, -0.2) is 28.3 Å². The lowest BCUT2D eigenvalue weighted by Crippen LogP contribution is -2.28. The number of benzene rings is 2. The van der Waals surface area contributed by atoms with Gasteiger partial charge in [0.25, 0.3) is 5.56 Å². The molecule has 0 spiro atoms. The van der Waals surface area contributed by atoms with E-state index in [-0.39, 0.29) is 23.3 Å². The minimum Gasteiger partial charge on any atom is -0.495 e. The van der Waals surface area contributed by atoms with Crippen LogP contribution in [0.4, 0.5) is 0 Å². The predicted molar refractivity (Wildman–Crippen MR) is 130 cm³/mol. The third-order valence-corrected chi connectivity index (χ3v) is 6.23. The molecule has 0 bridgehead atoms. The molecule has 0 saturated carbocycles. The molecule has 1 N–H and O–H groups in total. The van der Waals surface area contributed by atoms with Gasteiger partial charge < -0.3 is 14.5 Å². The van der Waals surface area contributed by atoms with Crippen molar-refractivity contribution < 1.29 is 13.9 Å². The Morgan fingerprint density at radius 3 is 2.82 bits per heavy atom. The summed E-state index contributed by atoms with van der Waals surface area (Å²) in [4.78, 5) is 30.8. The first-order valence-electron chi connectivity index (χ1n) is 10.2. The predicted octanol–water partition coefficient (Wildman–Crippen LogP) is 4.92. The van der Waals surface area contributed by atoms with Crippen LogP contribution < -0.4 is 15.6 Å². The first-order chi connectivity index (χ1) is 15.9. The van der Waals surface area contributed by atoms with Crippen molar-refractivity contribution in [2.75, 3.05) is 12.9 Å². The van der Waals surface area contributed by atoms with Gasteiger partial charge >= 0.3 is 0 Å². The van der Waals surface area contributed by atoms with Gasteiger partial charge in [-0.25, -0.2) is 4.98 Å². The smallest absolute Gasteiger partial charge is 0.266 e. The van der Waals surface area contributed by atoms with Gasteiger partial charge in [0, 0.05) is 5.02 Å². The molecule has 0 aliphatic heterocycles. The van der Waals surface area contributed by atoms with Crippen LogP contribution >= 0.6 is 23.4 Å². The van der Waals surface area contributed by atoms with Gasteiger partial charge in [-0.15, -0.1) is 0 Å². The summed E-state index contributed by atoms with van der Waals surface area (Å²) in [6, 6.07) is 13.8. The van der Waals surface area contributed by atoms with Crippen LogP contribution in [0.25, 0.3) is 16.6 Å². The van der Waals surface area contributed by atoms with Gasteiger partial charge in [0.15, 0.2) is 5.16 Å². The van der Waals surface area contributed by atoms with Gasteiger partial charge in [0.1, 0.15) is 11.5 Å². The average Bonchev–Trinajstić information content (AvgIpc) is 3.33. The molecule has 4 rings (SSSR count). The zero-order valence-corrected chi connectivity index (χ0v) is 19.9. The molecule has 0 aliphatic carbocycles. The number of methoxy groups -OCH3 is 1. The molecular formula is C24H22ClN3O4S. The molecule has 0 radical (unpaired) electrons. The van der Waals surface area contributed by atoms with E-state index in [1.54, 1.807) is 49.8 Å². The Kier molecular flexibility index (Phi) is 6.76. The lowest BCUT2D eigenvalue weighted by molar-refractivity contribution is -0.119. The van der Waals surface area contributed by atoms with Crippen molar-refractivity contribution in [3.05, 3.63) is 81.5 Å². The highest BCUT2D eigenvalue weighted by Gasteiger charge is 2.19. The Morgan fingerprint density at radius 2 is 2.09 bits per heavy atom. The molecule has 1 unspecified atom stereocenters. The van der Waals surface area contributed by atoms with Crippen LogP contribution in [0.5, 0.6) is 5.75 Å². The number of aromatic nitrogens is 2. The van der Waals surface area contributed by atoms with Crippen molar-refractivity contribution in [3.63, 3.8) is 0 Å². The molecule has 9 heteroatoms. The van der Waals surface area contributed by atoms with E-state index < -0.39 is 0 Å². The Bertz CT molecular complexity index is 1370. The van der Waals surface area contributed by atoms with Crippen molar-refractivity contribution >= 4 is 40.2 Å². The number of carbonyl (C=O) groups excluding carboxylic acids is 1. The minimum atomic E-state index is -0.282. The first kappa shape index (κ1) is 22.9. The summed E-state index contributed by atoms with van der Waals surface area (Å²) in [5.41, 5.74) is 1.70. The summed E-state index contributed by atoms with van der Waals surface area (Å²) in [5, 5.41) is 4.14. The van der Waals surface area contributed by atoms with Crippen molar-refractivity contribution in [2.24, 2.45) is 0 Å². The molecule has 0 fully saturated rings. The number of furan rings is 1. The summed E-state index contributed by atoms with van der Waals surface area (Å²) in [7, 11) is 1.55. The highest BCUT2D eigenvalue weighted by atomic mass is 35.5. The molecule has 2 aromatic carbocycles. The van der Waals surface area contributed by atoms with Gasteiger partial charge in [-0.3, -0.25) is 14.2 Å². The molecule has 4 aromatic rings. The van der Waals surface area contributed by atoms with Gasteiger partial charge in [-0.2, -0.15) is 0 Å². The number of ether oxygens (including phenoxy) is 1. The summed E-state index contributed by atoms with van der Waals surface area (Å²) in [6.45, 7) is 3.77. The lowest BCUT2D eigenvalue weighted by Gasteiger charge is -2.17. The summed E-state index contributed by atoms with van der Waals surface area (Å²) >= 11 is 7.29. The van der Waals surface area contributed by atoms with Crippen LogP contribution in [-0.2, 0) is 4.79 Å². The molecule has 1 atom stereocenters. The van der Waals surface area contributed by atoms with E-state index in [1.807, 2.05) is 26.0 Å². The molecule has 7 nitrogen and oxygen atoms in total. The highest BCUT2D eigenvalue weighted by Crippen LogP contribution is 2.29. The third kappa shape index (κ3) is 4.91. The molecule has 1 amide bonds. The van der Waals surface area contributed by atoms with E-state index in [2.05, 4.69) is 10.3 Å². The Morgan fingerprint density at radius 1 is 1.27 bits per heavy atom. The summed E-state index contributed by atoms with van der Waals surface area (Å²) in [6.07, 6.45) is 1.56. The van der Waals surface area contributed by atoms with Gasteiger partial charge in [-0.05, 0) is 61.9 Å². The molecule has 0 aliphatic rings. The van der Waals surface area contributed by atoms with E-state index in [4.69, 9.17) is 20.8 Å². The second kappa shape index (κ2) is 9.72. The maximum Gasteiger partial charge on any atom is 0.266 e. The van der Waals surface area contributed by atoms with Crippen molar-refractivity contribution in [1.82, 2.24) is 14.9 Å². The van der Waals surface area contributed by atoms with Gasteiger partial charge in [0.2, 0.25) is 5.91 Å². The van der Waals surface area contributed by atoms with Crippen LogP contribution in [0.15, 0.2) is 69.2 Å². The largest absolute Gasteiger partial charge is 0.495 e. The highest BCUT2D eigenvalue weighted by molar-refractivity contribution is 7.99. The maximum absolute atomic E-state index is 13.5. The van der Waals surface area contributed by atoms with Crippen LogP contribution in [0, 0.1) is 6.92 Å². The van der Waals surface area contributed by atoms with E-state index in [1.165, 1.54) is 4.57 Å². The second-order valence-corrected chi connectivity index (χ2v) is 8.84. The Balaban J connectivity index is 1.73.